The van der Waals surface area contributed by atoms with Crippen LogP contribution in [0.15, 0.2) is 30.3 Å². The number of thioether (sulfide) groups is 1. The fourth-order valence-electron chi connectivity index (χ4n) is 2.22. The maximum absolute atomic E-state index is 12.0. The summed E-state index contributed by atoms with van der Waals surface area (Å²) in [6, 6.07) is 10.1. The molecule has 1 N–H and O–H groups in total. The van der Waals surface area contributed by atoms with Crippen LogP contribution in [0.5, 0.6) is 0 Å². The monoisotopic (exact) mass is 310 g/mol. The van der Waals surface area contributed by atoms with E-state index in [1.165, 1.54) is 5.56 Å². The number of hydrogen-bond acceptors (Lipinski definition) is 4. The van der Waals surface area contributed by atoms with Gasteiger partial charge in [-0.25, -0.2) is 0 Å². The van der Waals surface area contributed by atoms with Crippen LogP contribution in [0.3, 0.4) is 0 Å². The zero-order valence-corrected chi connectivity index (χ0v) is 14.4. The quantitative estimate of drug-likeness (QED) is 0.781. The number of ether oxygens (including phenoxy) is 1. The molecule has 0 spiro atoms. The van der Waals surface area contributed by atoms with E-state index in [-0.39, 0.29) is 5.97 Å². The van der Waals surface area contributed by atoms with Gasteiger partial charge in [0.05, 0.1) is 18.1 Å². The molecular formula is C17H26O3S. The van der Waals surface area contributed by atoms with Gasteiger partial charge in [0.2, 0.25) is 0 Å². The van der Waals surface area contributed by atoms with Crippen LogP contribution in [0.25, 0.3) is 0 Å². The molecule has 1 aromatic rings. The molecule has 0 aliphatic rings. The summed E-state index contributed by atoms with van der Waals surface area (Å²) in [5.41, 5.74) is 0.278. The van der Waals surface area contributed by atoms with E-state index in [0.717, 1.165) is 5.75 Å². The van der Waals surface area contributed by atoms with Crippen molar-refractivity contribution in [1.29, 1.82) is 0 Å². The van der Waals surface area contributed by atoms with Crippen LogP contribution >= 0.6 is 11.8 Å². The van der Waals surface area contributed by atoms with Crippen LogP contribution in [-0.2, 0) is 15.3 Å². The number of esters is 1. The molecule has 0 fully saturated rings. The Morgan fingerprint density at radius 1 is 1.24 bits per heavy atom. The van der Waals surface area contributed by atoms with E-state index in [9.17, 15) is 9.90 Å². The third-order valence-electron chi connectivity index (χ3n) is 3.60. The Labute approximate surface area is 132 Å². The van der Waals surface area contributed by atoms with Gasteiger partial charge in [-0.3, -0.25) is 4.79 Å². The van der Waals surface area contributed by atoms with Crippen LogP contribution in [0.4, 0.5) is 0 Å². The highest BCUT2D eigenvalue weighted by atomic mass is 32.2. The predicted molar refractivity (Wildman–Crippen MR) is 88.2 cm³/mol. The number of rotatable bonds is 7. The summed E-state index contributed by atoms with van der Waals surface area (Å²) in [7, 11) is 0. The van der Waals surface area contributed by atoms with Gasteiger partial charge < -0.3 is 9.84 Å². The van der Waals surface area contributed by atoms with E-state index in [1.807, 2.05) is 32.0 Å². The molecule has 0 aliphatic carbocycles. The minimum absolute atomic E-state index is 0.326. The molecule has 118 valence electrons. The van der Waals surface area contributed by atoms with Crippen LogP contribution in [-0.4, -0.2) is 28.5 Å². The van der Waals surface area contributed by atoms with Crippen molar-refractivity contribution in [3.8, 4) is 0 Å². The predicted octanol–water partition coefficient (Wildman–Crippen LogP) is 3.65. The number of hydrogen-bond donors (Lipinski definition) is 1. The second-order valence-electron chi connectivity index (χ2n) is 6.22. The highest BCUT2D eigenvalue weighted by Gasteiger charge is 2.45. The van der Waals surface area contributed by atoms with E-state index >= 15 is 0 Å². The molecule has 1 unspecified atom stereocenters. The summed E-state index contributed by atoms with van der Waals surface area (Å²) in [6.45, 7) is 9.50. The zero-order chi connectivity index (χ0) is 16.1. The lowest BCUT2D eigenvalue weighted by molar-refractivity contribution is -0.161. The number of carbonyl (C=O) groups excluding carboxylic acids is 1. The Morgan fingerprint density at radius 3 is 2.33 bits per heavy atom. The van der Waals surface area contributed by atoms with E-state index in [4.69, 9.17) is 4.74 Å². The Bertz CT molecular complexity index is 454. The summed E-state index contributed by atoms with van der Waals surface area (Å²) in [5.74, 6) is 0.440. The van der Waals surface area contributed by atoms with E-state index in [0.29, 0.717) is 6.61 Å². The SMILES string of the molecule is CCOC(=O)C(C)(C)C(O)C(C)(C)SCc1ccccc1. The third kappa shape index (κ3) is 4.75. The molecule has 3 nitrogen and oxygen atoms in total. The third-order valence-corrected chi connectivity index (χ3v) is 5.04. The molecule has 1 rings (SSSR count). The van der Waals surface area contributed by atoms with E-state index in [2.05, 4.69) is 12.1 Å². The first-order valence-electron chi connectivity index (χ1n) is 7.25. The van der Waals surface area contributed by atoms with Crippen LogP contribution in [0.1, 0.15) is 40.2 Å². The zero-order valence-electron chi connectivity index (χ0n) is 13.6. The van der Waals surface area contributed by atoms with Crippen molar-refractivity contribution in [2.45, 2.75) is 51.2 Å². The Kier molecular flexibility index (Phi) is 6.29. The molecular weight excluding hydrogens is 284 g/mol. The molecule has 4 heteroatoms. The van der Waals surface area contributed by atoms with Crippen LogP contribution in [0, 0.1) is 5.41 Å². The molecule has 1 aromatic carbocycles. The standard InChI is InChI=1S/C17H26O3S/c1-6-20-15(19)16(2,3)14(18)17(4,5)21-12-13-10-8-7-9-11-13/h7-11,14,18H,6,12H2,1-5H3. The van der Waals surface area contributed by atoms with Gasteiger partial charge in [0.25, 0.3) is 0 Å². The minimum atomic E-state index is -0.927. The van der Waals surface area contributed by atoms with Gasteiger partial charge >= 0.3 is 5.97 Å². The lowest BCUT2D eigenvalue weighted by Crippen LogP contribution is -2.49. The lowest BCUT2D eigenvalue weighted by atomic mass is 9.80. The molecule has 1 atom stereocenters. The van der Waals surface area contributed by atoms with Gasteiger partial charge in [-0.15, -0.1) is 11.8 Å². The average Bonchev–Trinajstić information content (AvgIpc) is 2.45. The summed E-state index contributed by atoms with van der Waals surface area (Å²) >= 11 is 1.64. The fraction of sp³-hybridized carbons (Fsp3) is 0.588. The molecule has 0 aliphatic heterocycles. The Balaban J connectivity index is 2.74. The highest BCUT2D eigenvalue weighted by Crippen LogP contribution is 2.39. The fourth-order valence-corrected chi connectivity index (χ4v) is 3.40. The van der Waals surface area contributed by atoms with Gasteiger partial charge in [-0.1, -0.05) is 30.3 Å². The molecule has 0 saturated carbocycles. The van der Waals surface area contributed by atoms with Crippen molar-refractivity contribution in [3.05, 3.63) is 35.9 Å². The van der Waals surface area contributed by atoms with Crippen LogP contribution in [0.2, 0.25) is 0 Å². The molecule has 0 aromatic heterocycles. The van der Waals surface area contributed by atoms with Crippen molar-refractivity contribution < 1.29 is 14.6 Å². The van der Waals surface area contributed by atoms with Gasteiger partial charge in [0.15, 0.2) is 0 Å². The largest absolute Gasteiger partial charge is 0.466 e. The number of carbonyl (C=O) groups is 1. The number of benzene rings is 1. The van der Waals surface area contributed by atoms with Gasteiger partial charge in [0.1, 0.15) is 0 Å². The summed E-state index contributed by atoms with van der Waals surface area (Å²) < 4.78 is 4.63. The minimum Gasteiger partial charge on any atom is -0.466 e. The van der Waals surface area contributed by atoms with Crippen molar-refractivity contribution in [3.63, 3.8) is 0 Å². The molecule has 0 saturated heterocycles. The molecule has 0 bridgehead atoms. The Morgan fingerprint density at radius 2 is 1.81 bits per heavy atom. The molecule has 0 heterocycles. The van der Waals surface area contributed by atoms with Gasteiger partial charge in [0, 0.05) is 10.5 Å². The van der Waals surface area contributed by atoms with E-state index in [1.54, 1.807) is 32.5 Å². The van der Waals surface area contributed by atoms with Crippen LogP contribution < -0.4 is 0 Å². The molecule has 21 heavy (non-hydrogen) atoms. The van der Waals surface area contributed by atoms with Crippen molar-refractivity contribution in [2.24, 2.45) is 5.41 Å². The first kappa shape index (κ1) is 18.1. The highest BCUT2D eigenvalue weighted by molar-refractivity contribution is 7.99. The van der Waals surface area contributed by atoms with E-state index < -0.39 is 16.3 Å². The summed E-state index contributed by atoms with van der Waals surface area (Å²) in [4.78, 5) is 12.0. The first-order valence-corrected chi connectivity index (χ1v) is 8.23. The molecule has 0 radical (unpaired) electrons. The second kappa shape index (κ2) is 7.32. The maximum atomic E-state index is 12.0. The summed E-state index contributed by atoms with van der Waals surface area (Å²) in [6.07, 6.45) is -0.794. The maximum Gasteiger partial charge on any atom is 0.314 e. The normalized spacial score (nSPS) is 13.8. The number of aliphatic hydroxyl groups is 1. The average molecular weight is 310 g/mol. The lowest BCUT2D eigenvalue weighted by Gasteiger charge is -2.39. The summed E-state index contributed by atoms with van der Waals surface area (Å²) in [5, 5.41) is 10.7. The van der Waals surface area contributed by atoms with Crippen molar-refractivity contribution in [1.82, 2.24) is 0 Å². The number of aliphatic hydroxyl groups excluding tert-OH is 1. The van der Waals surface area contributed by atoms with Crippen molar-refractivity contribution >= 4 is 17.7 Å². The second-order valence-corrected chi connectivity index (χ2v) is 7.85. The topological polar surface area (TPSA) is 46.5 Å². The molecule has 0 amide bonds. The van der Waals surface area contributed by atoms with Gasteiger partial charge in [-0.2, -0.15) is 0 Å². The Hall–Kier alpha value is -1.00. The first-order chi connectivity index (χ1) is 9.71. The van der Waals surface area contributed by atoms with Crippen molar-refractivity contribution in [2.75, 3.05) is 6.61 Å². The smallest absolute Gasteiger partial charge is 0.314 e. The van der Waals surface area contributed by atoms with Gasteiger partial charge in [-0.05, 0) is 40.2 Å².